The van der Waals surface area contributed by atoms with Gasteiger partial charge in [0.2, 0.25) is 0 Å². The number of hydrogen-bond donors (Lipinski definition) is 2. The van der Waals surface area contributed by atoms with E-state index in [9.17, 15) is 13.5 Å². The molecule has 1 heterocycles. The summed E-state index contributed by atoms with van der Waals surface area (Å²) in [7, 11) is -3.04. The fraction of sp³-hybridized carbons (Fsp3) is 1.00. The Hall–Kier alpha value is -0.130. The molecule has 0 amide bonds. The van der Waals surface area contributed by atoms with Gasteiger partial charge >= 0.3 is 0 Å². The average molecular weight is 207 g/mol. The molecule has 1 atom stereocenters. The van der Waals surface area contributed by atoms with Crippen LogP contribution in [0.3, 0.4) is 0 Å². The van der Waals surface area contributed by atoms with Gasteiger partial charge in [0.15, 0.2) is 0 Å². The maximum Gasteiger partial charge on any atom is 0.150 e. The summed E-state index contributed by atoms with van der Waals surface area (Å²) in [5, 5.41) is 12.8. The van der Waals surface area contributed by atoms with Crippen molar-refractivity contribution in [1.29, 1.82) is 0 Å². The largest absolute Gasteiger partial charge is 0.392 e. The molecule has 0 bridgehead atoms. The molecule has 78 valence electrons. The topological polar surface area (TPSA) is 66.4 Å². The molecule has 4 nitrogen and oxygen atoms in total. The van der Waals surface area contributed by atoms with Gasteiger partial charge in [0.25, 0.3) is 0 Å². The fourth-order valence-corrected chi connectivity index (χ4v) is 2.57. The van der Waals surface area contributed by atoms with E-state index < -0.39 is 15.9 Å². The second-order valence-electron chi connectivity index (χ2n) is 3.75. The van der Waals surface area contributed by atoms with Gasteiger partial charge in [-0.25, -0.2) is 8.42 Å². The number of sulfone groups is 1. The number of piperidine rings is 1. The highest BCUT2D eigenvalue weighted by Gasteiger charge is 2.24. The first-order valence-electron chi connectivity index (χ1n) is 4.55. The Kier molecular flexibility index (Phi) is 3.70. The molecule has 13 heavy (non-hydrogen) atoms. The SMILES string of the molecule is CS(=O)(=O)CC(O)C1CCNCC1. The van der Waals surface area contributed by atoms with Crippen molar-refractivity contribution in [3.63, 3.8) is 0 Å². The predicted octanol–water partition coefficient (Wildman–Crippen LogP) is -0.608. The summed E-state index contributed by atoms with van der Waals surface area (Å²) in [6, 6.07) is 0. The summed E-state index contributed by atoms with van der Waals surface area (Å²) in [5.41, 5.74) is 0. The number of aliphatic hydroxyl groups excluding tert-OH is 1. The van der Waals surface area contributed by atoms with E-state index in [1.807, 2.05) is 0 Å². The first-order chi connectivity index (χ1) is 5.99. The standard InChI is InChI=1S/C8H17NO3S/c1-13(11,12)6-8(10)7-2-4-9-5-3-7/h7-10H,2-6H2,1H3. The highest BCUT2D eigenvalue weighted by Crippen LogP contribution is 2.17. The minimum atomic E-state index is -3.04. The molecule has 1 rings (SSSR count). The second-order valence-corrected chi connectivity index (χ2v) is 5.93. The highest BCUT2D eigenvalue weighted by molar-refractivity contribution is 7.90. The van der Waals surface area contributed by atoms with Crippen molar-refractivity contribution in [2.75, 3.05) is 25.1 Å². The lowest BCUT2D eigenvalue weighted by molar-refractivity contribution is 0.108. The summed E-state index contributed by atoms with van der Waals surface area (Å²) < 4.78 is 21.8. The Morgan fingerprint density at radius 2 is 2.00 bits per heavy atom. The van der Waals surface area contributed by atoms with Crippen molar-refractivity contribution in [2.45, 2.75) is 18.9 Å². The molecule has 0 saturated carbocycles. The molecule has 2 N–H and O–H groups in total. The van der Waals surface area contributed by atoms with Gasteiger partial charge in [0.05, 0.1) is 11.9 Å². The Morgan fingerprint density at radius 1 is 1.46 bits per heavy atom. The lowest BCUT2D eigenvalue weighted by atomic mass is 9.93. The monoisotopic (exact) mass is 207 g/mol. The minimum absolute atomic E-state index is 0.0995. The summed E-state index contributed by atoms with van der Waals surface area (Å²) in [4.78, 5) is 0. The lowest BCUT2D eigenvalue weighted by Gasteiger charge is -2.26. The van der Waals surface area contributed by atoms with Gasteiger partial charge in [-0.3, -0.25) is 0 Å². The van der Waals surface area contributed by atoms with Crippen LogP contribution in [-0.2, 0) is 9.84 Å². The van der Waals surface area contributed by atoms with E-state index in [1.165, 1.54) is 0 Å². The quantitative estimate of drug-likeness (QED) is 0.648. The summed E-state index contributed by atoms with van der Waals surface area (Å²) >= 11 is 0. The number of nitrogens with one attached hydrogen (secondary N) is 1. The first kappa shape index (κ1) is 10.9. The maximum absolute atomic E-state index is 10.9. The smallest absolute Gasteiger partial charge is 0.150 e. The molecule has 1 saturated heterocycles. The maximum atomic E-state index is 10.9. The number of aliphatic hydroxyl groups is 1. The van der Waals surface area contributed by atoms with E-state index in [1.54, 1.807) is 0 Å². The van der Waals surface area contributed by atoms with Crippen LogP contribution in [0.15, 0.2) is 0 Å². The third-order valence-corrected chi connectivity index (χ3v) is 3.35. The molecule has 1 aliphatic heterocycles. The van der Waals surface area contributed by atoms with Gasteiger partial charge < -0.3 is 10.4 Å². The Balaban J connectivity index is 2.42. The van der Waals surface area contributed by atoms with E-state index in [0.717, 1.165) is 32.2 Å². The van der Waals surface area contributed by atoms with E-state index in [2.05, 4.69) is 5.32 Å². The molecule has 1 fully saturated rings. The van der Waals surface area contributed by atoms with E-state index in [4.69, 9.17) is 0 Å². The minimum Gasteiger partial charge on any atom is -0.392 e. The van der Waals surface area contributed by atoms with Crippen molar-refractivity contribution in [2.24, 2.45) is 5.92 Å². The zero-order chi connectivity index (χ0) is 9.90. The van der Waals surface area contributed by atoms with Crippen LogP contribution in [0.5, 0.6) is 0 Å². The number of hydrogen-bond acceptors (Lipinski definition) is 4. The first-order valence-corrected chi connectivity index (χ1v) is 6.61. The van der Waals surface area contributed by atoms with Gasteiger partial charge in [0.1, 0.15) is 9.84 Å². The molecule has 5 heteroatoms. The van der Waals surface area contributed by atoms with Crippen LogP contribution >= 0.6 is 0 Å². The summed E-state index contributed by atoms with van der Waals surface area (Å²) in [5.74, 6) is 0.0495. The van der Waals surface area contributed by atoms with Gasteiger partial charge in [-0.05, 0) is 31.8 Å². The van der Waals surface area contributed by atoms with Crippen molar-refractivity contribution in [3.8, 4) is 0 Å². The molecular weight excluding hydrogens is 190 g/mol. The van der Waals surface area contributed by atoms with Crippen LogP contribution in [0.4, 0.5) is 0 Å². The van der Waals surface area contributed by atoms with Gasteiger partial charge in [-0.15, -0.1) is 0 Å². The van der Waals surface area contributed by atoms with Crippen LogP contribution in [0.25, 0.3) is 0 Å². The van der Waals surface area contributed by atoms with Crippen LogP contribution in [0.2, 0.25) is 0 Å². The van der Waals surface area contributed by atoms with Crippen molar-refractivity contribution in [3.05, 3.63) is 0 Å². The second kappa shape index (κ2) is 4.39. The van der Waals surface area contributed by atoms with Crippen LogP contribution in [-0.4, -0.2) is 44.7 Å². The molecule has 0 aromatic rings. The predicted molar refractivity (Wildman–Crippen MR) is 51.3 cm³/mol. The van der Waals surface area contributed by atoms with Gasteiger partial charge in [-0.1, -0.05) is 0 Å². The van der Waals surface area contributed by atoms with E-state index in [0.29, 0.717) is 0 Å². The average Bonchev–Trinajstić information content (AvgIpc) is 2.03. The van der Waals surface area contributed by atoms with Gasteiger partial charge in [-0.2, -0.15) is 0 Å². The molecular formula is C8H17NO3S. The Labute approximate surface area is 79.3 Å². The Morgan fingerprint density at radius 3 is 2.46 bits per heavy atom. The molecule has 1 aliphatic rings. The zero-order valence-electron chi connectivity index (χ0n) is 7.86. The Bertz CT molecular complexity index is 244. The van der Waals surface area contributed by atoms with Crippen LogP contribution in [0, 0.1) is 5.92 Å². The molecule has 0 aromatic carbocycles. The highest BCUT2D eigenvalue weighted by atomic mass is 32.2. The van der Waals surface area contributed by atoms with Crippen LogP contribution < -0.4 is 5.32 Å². The third-order valence-electron chi connectivity index (χ3n) is 2.40. The summed E-state index contributed by atoms with van der Waals surface area (Å²) in [6.45, 7) is 1.76. The fourth-order valence-electron chi connectivity index (χ4n) is 1.68. The lowest BCUT2D eigenvalue weighted by Crippen LogP contribution is -2.37. The van der Waals surface area contributed by atoms with Gasteiger partial charge in [0, 0.05) is 6.26 Å². The molecule has 0 aliphatic carbocycles. The molecule has 1 unspecified atom stereocenters. The summed E-state index contributed by atoms with van der Waals surface area (Å²) in [6.07, 6.45) is 2.22. The number of rotatable bonds is 3. The molecule has 0 spiro atoms. The van der Waals surface area contributed by atoms with E-state index in [-0.39, 0.29) is 11.7 Å². The zero-order valence-corrected chi connectivity index (χ0v) is 8.68. The van der Waals surface area contributed by atoms with Crippen molar-refractivity contribution in [1.82, 2.24) is 5.32 Å². The van der Waals surface area contributed by atoms with Crippen LogP contribution in [0.1, 0.15) is 12.8 Å². The van der Waals surface area contributed by atoms with Crippen molar-refractivity contribution < 1.29 is 13.5 Å². The normalized spacial score (nSPS) is 22.9. The van der Waals surface area contributed by atoms with E-state index >= 15 is 0 Å². The van der Waals surface area contributed by atoms with Crippen molar-refractivity contribution >= 4 is 9.84 Å². The third kappa shape index (κ3) is 4.06. The molecule has 0 radical (unpaired) electrons. The molecule has 0 aromatic heterocycles.